The van der Waals surface area contributed by atoms with Gasteiger partial charge in [-0.15, -0.1) is 6.58 Å². The fraction of sp³-hybridized carbons (Fsp3) is 0.200. The van der Waals surface area contributed by atoms with Crippen LogP contribution >= 0.6 is 0 Å². The number of nitrogens with zero attached hydrogens (tertiary/aromatic N) is 1. The third-order valence-electron chi connectivity index (χ3n) is 3.93. The average molecular weight is 401 g/mol. The Labute approximate surface area is 165 Å². The van der Waals surface area contributed by atoms with Crippen molar-refractivity contribution < 1.29 is 18.0 Å². The highest BCUT2D eigenvalue weighted by molar-refractivity contribution is 7.92. The summed E-state index contributed by atoms with van der Waals surface area (Å²) in [6, 6.07) is 12.9. The Morgan fingerprint density at radius 1 is 1.07 bits per heavy atom. The predicted octanol–water partition coefficient (Wildman–Crippen LogP) is 2.64. The van der Waals surface area contributed by atoms with Crippen LogP contribution in [0.15, 0.2) is 61.2 Å². The molecule has 8 heteroatoms. The molecular weight excluding hydrogens is 378 g/mol. The summed E-state index contributed by atoms with van der Waals surface area (Å²) in [5, 5.41) is 5.39. The van der Waals surface area contributed by atoms with Crippen LogP contribution in [0, 0.1) is 0 Å². The van der Waals surface area contributed by atoms with Gasteiger partial charge in [0.05, 0.1) is 23.2 Å². The lowest BCUT2D eigenvalue weighted by molar-refractivity contribution is 0.0959. The third-order valence-corrected chi connectivity index (χ3v) is 5.20. The summed E-state index contributed by atoms with van der Waals surface area (Å²) in [4.78, 5) is 24.8. The molecule has 148 valence electrons. The number of para-hydroxylation sites is 1. The summed E-state index contributed by atoms with van der Waals surface area (Å²) in [6.45, 7) is 5.89. The molecule has 2 rings (SSSR count). The van der Waals surface area contributed by atoms with Crippen LogP contribution in [0.2, 0.25) is 0 Å². The number of hydrogen-bond acceptors (Lipinski definition) is 4. The Kier molecular flexibility index (Phi) is 6.94. The minimum absolute atomic E-state index is 0.289. The second kappa shape index (κ2) is 9.18. The highest BCUT2D eigenvalue weighted by Gasteiger charge is 2.17. The van der Waals surface area contributed by atoms with Gasteiger partial charge in [0.25, 0.3) is 11.8 Å². The monoisotopic (exact) mass is 401 g/mol. The van der Waals surface area contributed by atoms with Gasteiger partial charge in [-0.1, -0.05) is 18.2 Å². The molecule has 0 saturated carbocycles. The Balaban J connectivity index is 2.20. The van der Waals surface area contributed by atoms with Crippen LogP contribution in [-0.4, -0.2) is 39.6 Å². The number of carbonyl (C=O) groups excluding carboxylic acids is 2. The summed E-state index contributed by atoms with van der Waals surface area (Å²) in [5.41, 5.74) is 1.54. The van der Waals surface area contributed by atoms with Crippen molar-refractivity contribution >= 4 is 33.2 Å². The van der Waals surface area contributed by atoms with Crippen molar-refractivity contribution in [1.82, 2.24) is 5.32 Å². The molecule has 2 amide bonds. The summed E-state index contributed by atoms with van der Waals surface area (Å²) >= 11 is 0. The van der Waals surface area contributed by atoms with E-state index in [9.17, 15) is 18.0 Å². The van der Waals surface area contributed by atoms with Gasteiger partial charge in [0.1, 0.15) is 0 Å². The fourth-order valence-electron chi connectivity index (χ4n) is 2.63. The molecule has 0 saturated heterocycles. The number of anilines is 2. The van der Waals surface area contributed by atoms with Gasteiger partial charge in [0, 0.05) is 18.7 Å². The first kappa shape index (κ1) is 21.2. The van der Waals surface area contributed by atoms with Gasteiger partial charge in [0.15, 0.2) is 0 Å². The van der Waals surface area contributed by atoms with Gasteiger partial charge in [-0.25, -0.2) is 8.42 Å². The van der Waals surface area contributed by atoms with E-state index in [2.05, 4.69) is 17.2 Å². The zero-order valence-electron chi connectivity index (χ0n) is 15.8. The van der Waals surface area contributed by atoms with Crippen molar-refractivity contribution in [3.8, 4) is 0 Å². The van der Waals surface area contributed by atoms with Crippen molar-refractivity contribution in [3.05, 3.63) is 72.3 Å². The lowest BCUT2D eigenvalue weighted by atomic mass is 10.1. The second-order valence-corrected chi connectivity index (χ2v) is 7.88. The summed E-state index contributed by atoms with van der Waals surface area (Å²) < 4.78 is 24.8. The molecule has 2 aromatic carbocycles. The van der Waals surface area contributed by atoms with E-state index in [0.717, 1.165) is 6.26 Å². The molecule has 0 unspecified atom stereocenters. The first-order valence-electron chi connectivity index (χ1n) is 8.65. The van der Waals surface area contributed by atoms with Crippen LogP contribution in [0.1, 0.15) is 27.6 Å². The Bertz CT molecular complexity index is 969. The fourth-order valence-corrected chi connectivity index (χ4v) is 3.61. The van der Waals surface area contributed by atoms with Crippen LogP contribution in [0.4, 0.5) is 11.4 Å². The minimum Gasteiger partial charge on any atom is -0.349 e. The van der Waals surface area contributed by atoms with E-state index in [0.29, 0.717) is 29.0 Å². The molecular formula is C20H23N3O4S. The number of nitrogens with one attached hydrogen (secondary N) is 2. The van der Waals surface area contributed by atoms with Gasteiger partial charge >= 0.3 is 0 Å². The van der Waals surface area contributed by atoms with E-state index in [1.54, 1.807) is 61.5 Å². The lowest BCUT2D eigenvalue weighted by Crippen LogP contribution is -2.29. The molecule has 2 aromatic rings. The van der Waals surface area contributed by atoms with Crippen LogP contribution in [0.25, 0.3) is 0 Å². The number of amides is 2. The van der Waals surface area contributed by atoms with Crippen LogP contribution in [0.3, 0.4) is 0 Å². The highest BCUT2D eigenvalue weighted by atomic mass is 32.2. The van der Waals surface area contributed by atoms with E-state index >= 15 is 0 Å². The number of benzene rings is 2. The largest absolute Gasteiger partial charge is 0.349 e. The van der Waals surface area contributed by atoms with Gasteiger partial charge in [0.2, 0.25) is 10.0 Å². The van der Waals surface area contributed by atoms with E-state index in [1.807, 2.05) is 0 Å². The zero-order chi connectivity index (χ0) is 20.7. The van der Waals surface area contributed by atoms with E-state index in [-0.39, 0.29) is 12.5 Å². The maximum absolute atomic E-state index is 12.6. The number of sulfonamides is 1. The second-order valence-electron chi connectivity index (χ2n) is 5.97. The minimum atomic E-state index is -3.39. The molecule has 0 spiro atoms. The quantitative estimate of drug-likeness (QED) is 0.665. The number of rotatable bonds is 8. The molecule has 0 radical (unpaired) electrons. The summed E-state index contributed by atoms with van der Waals surface area (Å²) in [6.07, 6.45) is 2.70. The van der Waals surface area contributed by atoms with Crippen LogP contribution in [0.5, 0.6) is 0 Å². The average Bonchev–Trinajstić information content (AvgIpc) is 2.66. The third kappa shape index (κ3) is 5.20. The molecule has 0 aromatic heterocycles. The number of carbonyl (C=O) groups is 2. The highest BCUT2D eigenvalue weighted by Crippen LogP contribution is 2.20. The smallest absolute Gasteiger partial charge is 0.255 e. The maximum atomic E-state index is 12.6. The molecule has 28 heavy (non-hydrogen) atoms. The molecule has 0 fully saturated rings. The Morgan fingerprint density at radius 3 is 2.29 bits per heavy atom. The number of hydrogen-bond donors (Lipinski definition) is 2. The van der Waals surface area contributed by atoms with Crippen LogP contribution in [-0.2, 0) is 10.0 Å². The van der Waals surface area contributed by atoms with E-state index < -0.39 is 15.9 Å². The zero-order valence-corrected chi connectivity index (χ0v) is 16.6. The predicted molar refractivity (Wildman–Crippen MR) is 111 cm³/mol. The summed E-state index contributed by atoms with van der Waals surface area (Å²) in [7, 11) is -3.39. The molecule has 0 bridgehead atoms. The van der Waals surface area contributed by atoms with Crippen molar-refractivity contribution in [2.75, 3.05) is 29.0 Å². The molecule has 7 nitrogen and oxygen atoms in total. The van der Waals surface area contributed by atoms with E-state index in [1.165, 1.54) is 4.31 Å². The van der Waals surface area contributed by atoms with Gasteiger partial charge in [-0.05, 0) is 43.3 Å². The normalized spacial score (nSPS) is 10.8. The molecule has 0 heterocycles. The van der Waals surface area contributed by atoms with Gasteiger partial charge in [-0.3, -0.25) is 13.9 Å². The lowest BCUT2D eigenvalue weighted by Gasteiger charge is -2.20. The van der Waals surface area contributed by atoms with E-state index in [4.69, 9.17) is 0 Å². The standard InChI is InChI=1S/C20H23N3O4S/c1-4-14-21-20(25)17-8-6-7-9-18(17)22-19(24)15-10-12-16(13-11-15)23(5-2)28(3,26)27/h4,6-13H,1,5,14H2,2-3H3,(H,21,25)(H,22,24). The SMILES string of the molecule is C=CCNC(=O)c1ccccc1NC(=O)c1ccc(N(CC)S(C)(=O)=O)cc1. The van der Waals surface area contributed by atoms with Crippen molar-refractivity contribution in [1.29, 1.82) is 0 Å². The van der Waals surface area contributed by atoms with Crippen LogP contribution < -0.4 is 14.9 Å². The van der Waals surface area contributed by atoms with Crippen molar-refractivity contribution in [2.45, 2.75) is 6.92 Å². The van der Waals surface area contributed by atoms with Crippen molar-refractivity contribution in [2.24, 2.45) is 0 Å². The topological polar surface area (TPSA) is 95.6 Å². The van der Waals surface area contributed by atoms with Gasteiger partial charge in [-0.2, -0.15) is 0 Å². The van der Waals surface area contributed by atoms with Gasteiger partial charge < -0.3 is 10.6 Å². The Morgan fingerprint density at radius 2 is 1.71 bits per heavy atom. The first-order valence-corrected chi connectivity index (χ1v) is 10.5. The maximum Gasteiger partial charge on any atom is 0.255 e. The molecule has 0 aliphatic rings. The molecule has 0 aliphatic heterocycles. The molecule has 2 N–H and O–H groups in total. The van der Waals surface area contributed by atoms with Crippen molar-refractivity contribution in [3.63, 3.8) is 0 Å². The molecule has 0 aliphatic carbocycles. The Hall–Kier alpha value is -3.13. The molecule has 0 atom stereocenters. The summed E-state index contributed by atoms with van der Waals surface area (Å²) in [5.74, 6) is -0.726. The first-order chi connectivity index (χ1) is 13.3.